The van der Waals surface area contributed by atoms with Crippen molar-refractivity contribution in [2.75, 3.05) is 25.1 Å². The first-order valence-electron chi connectivity index (χ1n) is 13.2. The van der Waals surface area contributed by atoms with Gasteiger partial charge in [0.2, 0.25) is 0 Å². The number of anilines is 1. The van der Waals surface area contributed by atoms with Gasteiger partial charge < -0.3 is 23.9 Å². The van der Waals surface area contributed by atoms with Gasteiger partial charge in [0.1, 0.15) is 23.4 Å². The fourth-order valence-electron chi connectivity index (χ4n) is 5.63. The standard InChI is InChI=1S/C34H29NO4/c1-4-35(5-2)25-15-19-30-32(21-25)38-31-20-24(11-10-23-12-16-26(37-3)17-13-23)14-18-29(31)34(30)28-9-7-6-8-27(28)33(22-36)39-34/h6-9,12-22,33H,4-5H2,1-3H3. The molecule has 1 spiro atoms. The van der Waals surface area contributed by atoms with Gasteiger partial charge in [-0.3, -0.25) is 0 Å². The van der Waals surface area contributed by atoms with Gasteiger partial charge in [0.05, 0.1) is 7.11 Å². The average molecular weight is 516 g/mol. The first-order chi connectivity index (χ1) is 19.1. The molecule has 0 N–H and O–H groups in total. The molecule has 194 valence electrons. The Balaban J connectivity index is 1.50. The molecule has 0 bridgehead atoms. The van der Waals surface area contributed by atoms with Gasteiger partial charge in [-0.1, -0.05) is 42.2 Å². The lowest BCUT2D eigenvalue weighted by molar-refractivity contribution is -0.123. The maximum atomic E-state index is 12.2. The molecule has 2 unspecified atom stereocenters. The molecule has 0 saturated carbocycles. The molecular formula is C34H29NO4. The number of ether oxygens (including phenoxy) is 3. The third-order valence-corrected chi connectivity index (χ3v) is 7.57. The maximum absolute atomic E-state index is 12.2. The zero-order valence-electron chi connectivity index (χ0n) is 22.2. The van der Waals surface area contributed by atoms with E-state index in [9.17, 15) is 4.79 Å². The summed E-state index contributed by atoms with van der Waals surface area (Å²) < 4.78 is 18.5. The minimum atomic E-state index is -0.963. The topological polar surface area (TPSA) is 48.0 Å². The summed E-state index contributed by atoms with van der Waals surface area (Å²) in [7, 11) is 1.65. The van der Waals surface area contributed by atoms with Gasteiger partial charge in [0.25, 0.3) is 0 Å². The predicted octanol–water partition coefficient (Wildman–Crippen LogP) is 6.61. The van der Waals surface area contributed by atoms with Crippen LogP contribution in [0.15, 0.2) is 84.9 Å². The van der Waals surface area contributed by atoms with E-state index in [-0.39, 0.29) is 0 Å². The number of hydrogen-bond acceptors (Lipinski definition) is 5. The molecule has 0 aromatic heterocycles. The monoisotopic (exact) mass is 515 g/mol. The van der Waals surface area contributed by atoms with Crippen molar-refractivity contribution in [1.82, 2.24) is 0 Å². The van der Waals surface area contributed by atoms with Gasteiger partial charge in [-0.15, -0.1) is 0 Å². The number of benzene rings is 4. The van der Waals surface area contributed by atoms with E-state index in [0.29, 0.717) is 11.5 Å². The molecule has 6 rings (SSSR count). The van der Waals surface area contributed by atoms with Crippen LogP contribution in [0.25, 0.3) is 0 Å². The van der Waals surface area contributed by atoms with E-state index >= 15 is 0 Å². The summed E-state index contributed by atoms with van der Waals surface area (Å²) in [5.41, 5.74) is 5.41. The van der Waals surface area contributed by atoms with Crippen LogP contribution in [0.5, 0.6) is 17.2 Å². The number of fused-ring (bicyclic) bond motifs is 6. The Hall–Kier alpha value is -4.53. The minimum absolute atomic E-state index is 0.669. The van der Waals surface area contributed by atoms with E-state index < -0.39 is 11.7 Å². The first kappa shape index (κ1) is 24.8. The maximum Gasteiger partial charge on any atom is 0.153 e. The highest BCUT2D eigenvalue weighted by atomic mass is 16.5. The van der Waals surface area contributed by atoms with Crippen LogP contribution in [0.3, 0.4) is 0 Å². The highest BCUT2D eigenvalue weighted by Crippen LogP contribution is 2.58. The summed E-state index contributed by atoms with van der Waals surface area (Å²) in [6, 6.07) is 27.8. The number of carbonyl (C=O) groups is 1. The molecule has 4 aromatic carbocycles. The quantitative estimate of drug-likeness (QED) is 0.221. The Bertz CT molecular complexity index is 1610. The molecule has 2 heterocycles. The van der Waals surface area contributed by atoms with Gasteiger partial charge >= 0.3 is 0 Å². The Kier molecular flexibility index (Phi) is 6.34. The lowest BCUT2D eigenvalue weighted by atomic mass is 9.77. The molecule has 5 nitrogen and oxygen atoms in total. The van der Waals surface area contributed by atoms with Crippen LogP contribution in [0, 0.1) is 11.8 Å². The second kappa shape index (κ2) is 9.98. The van der Waals surface area contributed by atoms with Crippen molar-refractivity contribution in [1.29, 1.82) is 0 Å². The van der Waals surface area contributed by atoms with Crippen LogP contribution in [-0.4, -0.2) is 26.5 Å². The van der Waals surface area contributed by atoms with Gasteiger partial charge in [0, 0.05) is 47.1 Å². The van der Waals surface area contributed by atoms with E-state index in [2.05, 4.69) is 48.8 Å². The summed E-state index contributed by atoms with van der Waals surface area (Å²) in [5, 5.41) is 0. The summed E-state index contributed by atoms with van der Waals surface area (Å²) in [5.74, 6) is 8.67. The molecule has 5 heteroatoms. The summed E-state index contributed by atoms with van der Waals surface area (Å²) >= 11 is 0. The van der Waals surface area contributed by atoms with Crippen molar-refractivity contribution >= 4 is 12.0 Å². The highest BCUT2D eigenvalue weighted by molar-refractivity contribution is 5.72. The predicted molar refractivity (Wildman–Crippen MR) is 152 cm³/mol. The van der Waals surface area contributed by atoms with E-state index in [1.165, 1.54) is 0 Å². The van der Waals surface area contributed by atoms with Crippen molar-refractivity contribution < 1.29 is 19.0 Å². The number of rotatable bonds is 5. The molecular weight excluding hydrogens is 486 g/mol. The van der Waals surface area contributed by atoms with Crippen LogP contribution in [-0.2, 0) is 15.1 Å². The lowest BCUT2D eigenvalue weighted by Crippen LogP contribution is -2.33. The van der Waals surface area contributed by atoms with Crippen LogP contribution in [0.4, 0.5) is 5.69 Å². The zero-order chi connectivity index (χ0) is 27.0. The van der Waals surface area contributed by atoms with Gasteiger partial charge in [-0.2, -0.15) is 0 Å². The Morgan fingerprint density at radius 3 is 2.23 bits per heavy atom. The average Bonchev–Trinajstić information content (AvgIpc) is 3.32. The molecule has 0 amide bonds. The zero-order valence-corrected chi connectivity index (χ0v) is 22.2. The van der Waals surface area contributed by atoms with Crippen LogP contribution in [0.1, 0.15) is 53.3 Å². The smallest absolute Gasteiger partial charge is 0.153 e. The van der Waals surface area contributed by atoms with Gasteiger partial charge in [-0.05, 0) is 73.5 Å². The molecule has 0 fully saturated rings. The third kappa shape index (κ3) is 4.05. The molecule has 2 atom stereocenters. The van der Waals surface area contributed by atoms with E-state index in [1.807, 2.05) is 66.7 Å². The number of nitrogens with zero attached hydrogens (tertiary/aromatic N) is 1. The Morgan fingerprint density at radius 1 is 0.846 bits per heavy atom. The molecule has 39 heavy (non-hydrogen) atoms. The van der Waals surface area contributed by atoms with Crippen molar-refractivity contribution in [3.63, 3.8) is 0 Å². The van der Waals surface area contributed by atoms with Gasteiger partial charge in [-0.25, -0.2) is 0 Å². The summed E-state index contributed by atoms with van der Waals surface area (Å²) in [6.45, 7) is 6.04. The molecule has 0 aliphatic carbocycles. The molecule has 4 aromatic rings. The molecule has 2 aliphatic heterocycles. The Morgan fingerprint density at radius 2 is 1.51 bits per heavy atom. The molecule has 2 aliphatic rings. The number of aldehydes is 1. The van der Waals surface area contributed by atoms with Crippen molar-refractivity contribution in [3.8, 4) is 29.1 Å². The number of carbonyl (C=O) groups excluding carboxylic acids is 1. The van der Waals surface area contributed by atoms with Crippen LogP contribution < -0.4 is 14.4 Å². The Labute approximate surface area is 229 Å². The van der Waals surface area contributed by atoms with E-state index in [4.69, 9.17) is 14.2 Å². The lowest BCUT2D eigenvalue weighted by Gasteiger charge is -2.38. The van der Waals surface area contributed by atoms with Crippen molar-refractivity contribution in [2.24, 2.45) is 0 Å². The van der Waals surface area contributed by atoms with Gasteiger partial charge in [0.15, 0.2) is 11.9 Å². The molecule has 0 saturated heterocycles. The summed E-state index contributed by atoms with van der Waals surface area (Å²) in [6.07, 6.45) is 0.207. The fraction of sp³-hybridized carbons (Fsp3) is 0.206. The van der Waals surface area contributed by atoms with Crippen molar-refractivity contribution in [2.45, 2.75) is 25.6 Å². The SMILES string of the molecule is CCN(CC)c1ccc2c(c1)Oc1cc(C#Cc3ccc(OC)cc3)ccc1C21OC(C=O)c2ccccc21. The second-order valence-corrected chi connectivity index (χ2v) is 9.59. The highest BCUT2D eigenvalue weighted by Gasteiger charge is 2.52. The number of methoxy groups -OCH3 is 1. The first-order valence-corrected chi connectivity index (χ1v) is 13.2. The fourth-order valence-corrected chi connectivity index (χ4v) is 5.63. The summed E-state index contributed by atoms with van der Waals surface area (Å²) in [4.78, 5) is 14.4. The van der Waals surface area contributed by atoms with Crippen LogP contribution >= 0.6 is 0 Å². The third-order valence-electron chi connectivity index (χ3n) is 7.57. The van der Waals surface area contributed by atoms with E-state index in [0.717, 1.165) is 64.2 Å². The van der Waals surface area contributed by atoms with E-state index in [1.54, 1.807) is 7.11 Å². The van der Waals surface area contributed by atoms with Crippen molar-refractivity contribution in [3.05, 3.63) is 118 Å². The number of hydrogen-bond donors (Lipinski definition) is 0. The minimum Gasteiger partial charge on any atom is -0.497 e. The second-order valence-electron chi connectivity index (χ2n) is 9.59. The molecule has 0 radical (unpaired) electrons. The van der Waals surface area contributed by atoms with Crippen LogP contribution in [0.2, 0.25) is 0 Å². The normalized spacial score (nSPS) is 18.2. The largest absolute Gasteiger partial charge is 0.497 e.